The number of carbonyl (C=O) groups excluding carboxylic acids is 1. The first-order valence-electron chi connectivity index (χ1n) is 19.5. The van der Waals surface area contributed by atoms with Crippen molar-refractivity contribution in [1.29, 1.82) is 0 Å². The number of pyridine rings is 1. The SMILES string of the molecule is CC(C)(C)c1cc(-c2nccc3cc(-c4ccc5c(c4)[Si](C)(C)CC[Si]5(C)C)oc23)[c-]c2ccccc12.CCC(CC)C(=O)/C=C(\O)C(CC)CC.[Ir]. The summed E-state index contributed by atoms with van der Waals surface area (Å²) in [4.78, 5) is 16.5. The zero-order valence-electron chi connectivity index (χ0n) is 33.9. The van der Waals surface area contributed by atoms with Crippen LogP contribution in [0.2, 0.25) is 38.3 Å². The van der Waals surface area contributed by atoms with Crippen molar-refractivity contribution in [1.82, 2.24) is 4.98 Å². The standard InChI is InChI=1S/C33H36NOSi2.C13H24O2.Ir/c1-33(2,3)27-19-25(18-22-10-8-9-11-26(22)27)31-32-24(14-15-34-31)20-28(35-32)23-12-13-29-30(21-23)37(6,7)17-16-36(29,4)5;1-5-10(6-2)12(14)9-13(15)11(7-3)8-4;/h8-15,19-21H,16-17H2,1-7H3;9-11,14H,5-8H2,1-4H3;/q-1;;/b;12-9-;. The molecule has 3 aromatic carbocycles. The average Bonchev–Trinajstić information content (AvgIpc) is 3.55. The van der Waals surface area contributed by atoms with Crippen molar-refractivity contribution >= 4 is 54.0 Å². The Morgan fingerprint density at radius 1 is 0.868 bits per heavy atom. The van der Waals surface area contributed by atoms with Crippen LogP contribution in [0.15, 0.2) is 83.1 Å². The summed E-state index contributed by atoms with van der Waals surface area (Å²) in [6, 6.07) is 28.6. The number of aliphatic hydroxyl groups is 1. The van der Waals surface area contributed by atoms with E-state index < -0.39 is 16.1 Å². The maximum absolute atomic E-state index is 11.7. The molecule has 6 rings (SSSR count). The quantitative estimate of drug-likeness (QED) is 0.0692. The van der Waals surface area contributed by atoms with E-state index in [1.807, 2.05) is 33.9 Å². The fourth-order valence-corrected chi connectivity index (χ4v) is 18.1. The maximum Gasteiger partial charge on any atom is 0.162 e. The zero-order valence-corrected chi connectivity index (χ0v) is 38.3. The van der Waals surface area contributed by atoms with Gasteiger partial charge in [-0.05, 0) is 43.2 Å². The Kier molecular flexibility index (Phi) is 13.8. The molecule has 3 heterocycles. The molecule has 0 aliphatic carbocycles. The van der Waals surface area contributed by atoms with Crippen LogP contribution in [0.3, 0.4) is 0 Å². The number of hydrogen-bond donors (Lipinski definition) is 1. The monoisotopic (exact) mass is 923 g/mol. The van der Waals surface area contributed by atoms with Gasteiger partial charge in [0, 0.05) is 60.9 Å². The third-order valence-electron chi connectivity index (χ3n) is 11.5. The van der Waals surface area contributed by atoms with Gasteiger partial charge < -0.3 is 9.52 Å². The summed E-state index contributed by atoms with van der Waals surface area (Å²) in [6.07, 6.45) is 6.80. The van der Waals surface area contributed by atoms with Gasteiger partial charge in [0.05, 0.1) is 21.9 Å². The Hall–Kier alpha value is -3.10. The molecular weight excluding hydrogens is 863 g/mol. The summed E-state index contributed by atoms with van der Waals surface area (Å²) in [5, 5.41) is 16.5. The second kappa shape index (κ2) is 17.1. The van der Waals surface area contributed by atoms with Gasteiger partial charge in [-0.1, -0.05) is 144 Å². The van der Waals surface area contributed by atoms with Crippen LogP contribution in [0.25, 0.3) is 44.3 Å². The third-order valence-corrected chi connectivity index (χ3v) is 19.0. The van der Waals surface area contributed by atoms with E-state index in [1.54, 1.807) is 10.4 Å². The number of nitrogens with zero attached hydrogens (tertiary/aromatic N) is 1. The van der Waals surface area contributed by atoms with Gasteiger partial charge in [-0.2, -0.15) is 0 Å². The predicted octanol–water partition coefficient (Wildman–Crippen LogP) is 12.1. The Balaban J connectivity index is 0.000000335. The molecule has 1 aliphatic heterocycles. The van der Waals surface area contributed by atoms with Crippen LogP contribution in [-0.2, 0) is 30.3 Å². The number of aliphatic hydroxyl groups excluding tert-OH is 1. The second-order valence-corrected chi connectivity index (χ2v) is 26.7. The minimum absolute atomic E-state index is 0. The molecule has 285 valence electrons. The Labute approximate surface area is 334 Å². The topological polar surface area (TPSA) is 63.3 Å². The van der Waals surface area contributed by atoms with E-state index in [0.717, 1.165) is 59.1 Å². The molecule has 1 N–H and O–H groups in total. The molecule has 0 bridgehead atoms. The largest absolute Gasteiger partial charge is 0.512 e. The number of hydrogen-bond acceptors (Lipinski definition) is 4. The number of aromatic nitrogens is 1. The van der Waals surface area contributed by atoms with E-state index in [4.69, 9.17) is 9.40 Å². The molecule has 0 amide bonds. The Morgan fingerprint density at radius 2 is 1.49 bits per heavy atom. The van der Waals surface area contributed by atoms with Gasteiger partial charge in [-0.25, -0.2) is 0 Å². The predicted molar refractivity (Wildman–Crippen MR) is 228 cm³/mol. The van der Waals surface area contributed by atoms with Crippen molar-refractivity contribution in [2.75, 3.05) is 0 Å². The molecule has 2 aromatic heterocycles. The number of allylic oxidation sites excluding steroid dienone is 2. The molecule has 1 aliphatic rings. The van der Waals surface area contributed by atoms with Crippen LogP contribution in [0, 0.1) is 17.9 Å². The fraction of sp³-hybridized carbons (Fsp3) is 0.435. The number of carbonyl (C=O) groups is 1. The summed E-state index contributed by atoms with van der Waals surface area (Å²) in [5.74, 6) is 1.48. The minimum atomic E-state index is -1.44. The summed E-state index contributed by atoms with van der Waals surface area (Å²) < 4.78 is 6.63. The second-order valence-electron chi connectivity index (χ2n) is 17.1. The minimum Gasteiger partial charge on any atom is -0.512 e. The first kappa shape index (κ1) is 42.6. The fourth-order valence-electron chi connectivity index (χ4n) is 7.80. The first-order valence-corrected chi connectivity index (χ1v) is 25.9. The molecule has 0 fully saturated rings. The summed E-state index contributed by atoms with van der Waals surface area (Å²) in [6.45, 7) is 25.0. The van der Waals surface area contributed by atoms with Crippen LogP contribution in [0.4, 0.5) is 0 Å². The number of rotatable bonds is 9. The van der Waals surface area contributed by atoms with Gasteiger partial charge >= 0.3 is 0 Å². The van der Waals surface area contributed by atoms with Crippen LogP contribution in [0.5, 0.6) is 0 Å². The first-order chi connectivity index (χ1) is 24.5. The van der Waals surface area contributed by atoms with Crippen molar-refractivity contribution in [3.05, 3.63) is 90.3 Å². The van der Waals surface area contributed by atoms with E-state index in [0.29, 0.717) is 0 Å². The molecule has 0 unspecified atom stereocenters. The van der Waals surface area contributed by atoms with Crippen molar-refractivity contribution in [2.45, 2.75) is 118 Å². The molecule has 1 radical (unpaired) electrons. The molecule has 0 spiro atoms. The van der Waals surface area contributed by atoms with Gasteiger partial charge in [-0.3, -0.25) is 9.78 Å². The van der Waals surface area contributed by atoms with Crippen molar-refractivity contribution in [2.24, 2.45) is 11.8 Å². The van der Waals surface area contributed by atoms with E-state index in [2.05, 4.69) is 114 Å². The van der Waals surface area contributed by atoms with Crippen LogP contribution in [0.1, 0.15) is 79.7 Å². The van der Waals surface area contributed by atoms with E-state index in [-0.39, 0.29) is 48.9 Å². The van der Waals surface area contributed by atoms with Crippen molar-refractivity contribution in [3.63, 3.8) is 0 Å². The van der Waals surface area contributed by atoms with Crippen LogP contribution < -0.4 is 10.4 Å². The van der Waals surface area contributed by atoms with Gasteiger partial charge in [0.15, 0.2) is 5.78 Å². The molecule has 7 heteroatoms. The number of ketones is 1. The van der Waals surface area contributed by atoms with Gasteiger partial charge in [0.1, 0.15) is 11.3 Å². The molecule has 0 saturated carbocycles. The third kappa shape index (κ3) is 9.24. The van der Waals surface area contributed by atoms with Gasteiger partial charge in [0.2, 0.25) is 0 Å². The summed E-state index contributed by atoms with van der Waals surface area (Å²) in [7, 11) is -2.80. The zero-order chi connectivity index (χ0) is 38.0. The van der Waals surface area contributed by atoms with Crippen LogP contribution >= 0.6 is 0 Å². The molecule has 4 nitrogen and oxygen atoms in total. The van der Waals surface area contributed by atoms with Crippen molar-refractivity contribution < 1.29 is 34.4 Å². The van der Waals surface area contributed by atoms with E-state index in [9.17, 15) is 9.90 Å². The van der Waals surface area contributed by atoms with Gasteiger partial charge in [0.25, 0.3) is 0 Å². The average molecular weight is 923 g/mol. The number of furan rings is 1. The summed E-state index contributed by atoms with van der Waals surface area (Å²) in [5.41, 5.74) is 5.18. The smallest absolute Gasteiger partial charge is 0.162 e. The normalized spacial score (nSPS) is 15.2. The molecule has 53 heavy (non-hydrogen) atoms. The number of fused-ring (bicyclic) bond motifs is 3. The maximum atomic E-state index is 11.7. The Morgan fingerprint density at radius 3 is 2.11 bits per heavy atom. The molecule has 5 aromatic rings. The van der Waals surface area contributed by atoms with Crippen molar-refractivity contribution in [3.8, 4) is 22.6 Å². The molecule has 0 saturated heterocycles. The molecule has 0 atom stereocenters. The number of benzene rings is 3. The van der Waals surface area contributed by atoms with E-state index in [1.165, 1.54) is 34.7 Å². The van der Waals surface area contributed by atoms with E-state index >= 15 is 0 Å². The van der Waals surface area contributed by atoms with Gasteiger partial charge in [-0.15, -0.1) is 29.1 Å². The summed E-state index contributed by atoms with van der Waals surface area (Å²) >= 11 is 0. The Bertz CT molecular complexity index is 2080. The molecular formula is C46H60IrNO3Si2-. The van der Waals surface area contributed by atoms with Crippen LogP contribution in [-0.4, -0.2) is 32.0 Å².